The summed E-state index contributed by atoms with van der Waals surface area (Å²) >= 11 is 0. The molecule has 2 heteroatoms. The van der Waals surface area contributed by atoms with E-state index in [-0.39, 0.29) is 0 Å². The normalized spacial score (nSPS) is 26.2. The number of rotatable bonds is 7. The quantitative estimate of drug-likeness (QED) is 0.516. The zero-order valence-corrected chi connectivity index (χ0v) is 10.0. The number of hydrogen-bond donors (Lipinski definition) is 1. The Morgan fingerprint density at radius 1 is 1.33 bits per heavy atom. The molecule has 0 aliphatic heterocycles. The highest BCUT2D eigenvalue weighted by molar-refractivity contribution is 4.76. The van der Waals surface area contributed by atoms with Crippen LogP contribution in [0.25, 0.3) is 0 Å². The first-order valence-corrected chi connectivity index (χ1v) is 6.32. The Kier molecular flexibility index (Phi) is 6.49. The van der Waals surface area contributed by atoms with Gasteiger partial charge in [0.25, 0.3) is 0 Å². The van der Waals surface area contributed by atoms with Crippen molar-refractivity contribution in [2.75, 3.05) is 13.2 Å². The molecule has 1 aliphatic carbocycles. The predicted octanol–water partition coefficient (Wildman–Crippen LogP) is 3.10. The Morgan fingerprint density at radius 3 is 2.67 bits per heavy atom. The smallest absolute Gasteiger partial charge is 0.0885 e. The molecule has 0 atom stereocenters. The van der Waals surface area contributed by atoms with Crippen LogP contribution < -0.4 is 5.32 Å². The predicted molar refractivity (Wildman–Crippen MR) is 64.8 cm³/mol. The molecular weight excluding hydrogens is 186 g/mol. The Balaban J connectivity index is 1.96. The van der Waals surface area contributed by atoms with Gasteiger partial charge in [-0.1, -0.05) is 19.9 Å². The van der Waals surface area contributed by atoms with Crippen LogP contribution in [-0.4, -0.2) is 19.2 Å². The van der Waals surface area contributed by atoms with E-state index in [0.717, 1.165) is 31.5 Å². The SMILES string of the molecule is C=COCCCNC1CCC(CC)CC1. The highest BCUT2D eigenvalue weighted by atomic mass is 16.5. The first-order chi connectivity index (χ1) is 7.36. The number of ether oxygens (including phenoxy) is 1. The average Bonchev–Trinajstić information content (AvgIpc) is 2.30. The molecule has 0 bridgehead atoms. The van der Waals surface area contributed by atoms with Crippen molar-refractivity contribution in [2.24, 2.45) is 5.92 Å². The van der Waals surface area contributed by atoms with Gasteiger partial charge in [-0.05, 0) is 44.6 Å². The summed E-state index contributed by atoms with van der Waals surface area (Å²) in [6.45, 7) is 7.70. The van der Waals surface area contributed by atoms with E-state index in [4.69, 9.17) is 4.74 Å². The molecule has 0 heterocycles. The number of nitrogens with one attached hydrogen (secondary N) is 1. The Labute approximate surface area is 94.1 Å². The zero-order valence-electron chi connectivity index (χ0n) is 10.0. The molecule has 1 N–H and O–H groups in total. The molecule has 0 aromatic heterocycles. The molecule has 1 aliphatic rings. The fourth-order valence-electron chi connectivity index (χ4n) is 2.32. The Morgan fingerprint density at radius 2 is 2.07 bits per heavy atom. The molecule has 1 saturated carbocycles. The van der Waals surface area contributed by atoms with E-state index < -0.39 is 0 Å². The second-order valence-corrected chi connectivity index (χ2v) is 4.47. The van der Waals surface area contributed by atoms with Gasteiger partial charge >= 0.3 is 0 Å². The zero-order chi connectivity index (χ0) is 10.9. The molecule has 0 spiro atoms. The van der Waals surface area contributed by atoms with Crippen LogP contribution >= 0.6 is 0 Å². The molecule has 0 saturated heterocycles. The van der Waals surface area contributed by atoms with E-state index in [1.165, 1.54) is 38.4 Å². The molecule has 0 aromatic rings. The molecule has 0 unspecified atom stereocenters. The maximum atomic E-state index is 5.08. The van der Waals surface area contributed by atoms with Gasteiger partial charge in [0.2, 0.25) is 0 Å². The fourth-order valence-corrected chi connectivity index (χ4v) is 2.32. The summed E-state index contributed by atoms with van der Waals surface area (Å²) in [7, 11) is 0. The van der Waals surface area contributed by atoms with Gasteiger partial charge in [-0.25, -0.2) is 0 Å². The largest absolute Gasteiger partial charge is 0.502 e. The fraction of sp³-hybridized carbons (Fsp3) is 0.846. The van der Waals surface area contributed by atoms with Crippen LogP contribution in [0.2, 0.25) is 0 Å². The van der Waals surface area contributed by atoms with Crippen LogP contribution in [0.5, 0.6) is 0 Å². The van der Waals surface area contributed by atoms with Crippen molar-refractivity contribution in [3.05, 3.63) is 12.8 Å². The van der Waals surface area contributed by atoms with Crippen molar-refractivity contribution in [1.82, 2.24) is 5.32 Å². The van der Waals surface area contributed by atoms with Gasteiger partial charge in [0.1, 0.15) is 0 Å². The number of hydrogen-bond acceptors (Lipinski definition) is 2. The first-order valence-electron chi connectivity index (χ1n) is 6.32. The van der Waals surface area contributed by atoms with Crippen LogP contribution in [0, 0.1) is 5.92 Å². The highest BCUT2D eigenvalue weighted by Gasteiger charge is 2.18. The van der Waals surface area contributed by atoms with Gasteiger partial charge in [0.15, 0.2) is 0 Å². The molecule has 0 amide bonds. The Hall–Kier alpha value is -0.500. The van der Waals surface area contributed by atoms with E-state index >= 15 is 0 Å². The van der Waals surface area contributed by atoms with E-state index in [0.29, 0.717) is 0 Å². The maximum Gasteiger partial charge on any atom is 0.0885 e. The maximum absolute atomic E-state index is 5.08. The summed E-state index contributed by atoms with van der Waals surface area (Å²) in [6.07, 6.45) is 9.52. The third-order valence-electron chi connectivity index (χ3n) is 3.41. The van der Waals surface area contributed by atoms with Crippen molar-refractivity contribution in [2.45, 2.75) is 51.5 Å². The second-order valence-electron chi connectivity index (χ2n) is 4.47. The topological polar surface area (TPSA) is 21.3 Å². The summed E-state index contributed by atoms with van der Waals surface area (Å²) in [5.41, 5.74) is 0. The molecule has 88 valence electrons. The van der Waals surface area contributed by atoms with Gasteiger partial charge < -0.3 is 10.1 Å². The van der Waals surface area contributed by atoms with Crippen LogP contribution in [-0.2, 0) is 4.74 Å². The summed E-state index contributed by atoms with van der Waals surface area (Å²) in [5.74, 6) is 0.993. The lowest BCUT2D eigenvalue weighted by Crippen LogP contribution is -2.34. The molecular formula is C13H25NO. The Bertz CT molecular complexity index is 162. The monoisotopic (exact) mass is 211 g/mol. The van der Waals surface area contributed by atoms with Gasteiger partial charge in [0, 0.05) is 6.04 Å². The van der Waals surface area contributed by atoms with Gasteiger partial charge in [-0.3, -0.25) is 0 Å². The van der Waals surface area contributed by atoms with E-state index in [1.807, 2.05) is 0 Å². The summed E-state index contributed by atoms with van der Waals surface area (Å²) in [5, 5.41) is 3.61. The lowest BCUT2D eigenvalue weighted by Gasteiger charge is -2.28. The van der Waals surface area contributed by atoms with Crippen molar-refractivity contribution in [3.8, 4) is 0 Å². The minimum Gasteiger partial charge on any atom is -0.502 e. The van der Waals surface area contributed by atoms with E-state index in [1.54, 1.807) is 0 Å². The first kappa shape index (κ1) is 12.6. The van der Waals surface area contributed by atoms with Crippen LogP contribution in [0.1, 0.15) is 45.4 Å². The summed E-state index contributed by atoms with van der Waals surface area (Å²) in [4.78, 5) is 0. The van der Waals surface area contributed by atoms with Crippen LogP contribution in [0.3, 0.4) is 0 Å². The lowest BCUT2D eigenvalue weighted by molar-refractivity contribution is 0.235. The molecule has 2 nitrogen and oxygen atoms in total. The van der Waals surface area contributed by atoms with Crippen molar-refractivity contribution < 1.29 is 4.74 Å². The second kappa shape index (κ2) is 7.75. The van der Waals surface area contributed by atoms with Gasteiger partial charge in [0.05, 0.1) is 12.9 Å². The average molecular weight is 211 g/mol. The standard InChI is InChI=1S/C13H25NO/c1-3-12-6-8-13(9-7-12)14-10-5-11-15-4-2/h4,12-14H,2-3,5-11H2,1H3. The lowest BCUT2D eigenvalue weighted by atomic mass is 9.84. The molecule has 0 aromatic carbocycles. The van der Waals surface area contributed by atoms with Gasteiger partial charge in [-0.15, -0.1) is 0 Å². The summed E-state index contributed by atoms with van der Waals surface area (Å²) in [6, 6.07) is 0.761. The minimum atomic E-state index is 0.761. The van der Waals surface area contributed by atoms with E-state index in [2.05, 4.69) is 18.8 Å². The third kappa shape index (κ3) is 5.22. The van der Waals surface area contributed by atoms with Crippen molar-refractivity contribution in [1.29, 1.82) is 0 Å². The molecule has 15 heavy (non-hydrogen) atoms. The van der Waals surface area contributed by atoms with Crippen molar-refractivity contribution >= 4 is 0 Å². The van der Waals surface area contributed by atoms with Gasteiger partial charge in [-0.2, -0.15) is 0 Å². The minimum absolute atomic E-state index is 0.761. The van der Waals surface area contributed by atoms with E-state index in [9.17, 15) is 0 Å². The molecule has 1 rings (SSSR count). The molecule has 0 radical (unpaired) electrons. The third-order valence-corrected chi connectivity index (χ3v) is 3.41. The van der Waals surface area contributed by atoms with Crippen molar-refractivity contribution in [3.63, 3.8) is 0 Å². The highest BCUT2D eigenvalue weighted by Crippen LogP contribution is 2.26. The van der Waals surface area contributed by atoms with Crippen LogP contribution in [0.15, 0.2) is 12.8 Å². The van der Waals surface area contributed by atoms with Crippen LogP contribution in [0.4, 0.5) is 0 Å². The summed E-state index contributed by atoms with van der Waals surface area (Å²) < 4.78 is 5.08. The molecule has 1 fully saturated rings.